The zero-order valence-corrected chi connectivity index (χ0v) is 16.5. The highest BCUT2D eigenvalue weighted by Crippen LogP contribution is 2.27. The second-order valence-electron chi connectivity index (χ2n) is 6.48. The maximum Gasteiger partial charge on any atom is 0.232 e. The minimum atomic E-state index is 0.247. The molecular weight excluding hydrogens is 376 g/mol. The molecule has 1 heterocycles. The van der Waals surface area contributed by atoms with Gasteiger partial charge in [-0.25, -0.2) is 0 Å². The van der Waals surface area contributed by atoms with Gasteiger partial charge in [-0.2, -0.15) is 10.2 Å². The van der Waals surface area contributed by atoms with Crippen LogP contribution in [0.1, 0.15) is 11.3 Å². The highest BCUT2D eigenvalue weighted by Gasteiger charge is 2.14. The molecule has 144 valence electrons. The van der Waals surface area contributed by atoms with Crippen LogP contribution in [-0.2, 0) is 6.61 Å². The van der Waals surface area contributed by atoms with Gasteiger partial charge in [-0.05, 0) is 56.1 Å². The number of oxazole rings is 1. The Labute approximate surface area is 169 Å². The van der Waals surface area contributed by atoms with Crippen LogP contribution in [0.5, 0.6) is 5.75 Å². The second-order valence-corrected chi connectivity index (χ2v) is 6.91. The zero-order valence-electron chi connectivity index (χ0n) is 15.8. The number of nitrogens with zero attached hydrogens (tertiary/aromatic N) is 3. The smallest absolute Gasteiger partial charge is 0.232 e. The van der Waals surface area contributed by atoms with Crippen molar-refractivity contribution in [2.45, 2.75) is 6.61 Å². The van der Waals surface area contributed by atoms with Gasteiger partial charge < -0.3 is 19.4 Å². The number of halogens is 1. The molecule has 0 saturated carbocycles. The predicted octanol–water partition coefficient (Wildman–Crippen LogP) is 4.42. The van der Waals surface area contributed by atoms with Gasteiger partial charge in [-0.15, -0.1) is 0 Å². The average molecular weight is 397 g/mol. The van der Waals surface area contributed by atoms with E-state index in [1.165, 1.54) is 0 Å². The summed E-state index contributed by atoms with van der Waals surface area (Å²) in [5.41, 5.74) is 2.06. The monoisotopic (exact) mass is 396 g/mol. The highest BCUT2D eigenvalue weighted by molar-refractivity contribution is 6.30. The average Bonchev–Trinajstić information content (AvgIpc) is 3.11. The molecule has 1 N–H and O–H groups in total. The predicted molar refractivity (Wildman–Crippen MR) is 109 cm³/mol. The third kappa shape index (κ3) is 5.26. The van der Waals surface area contributed by atoms with E-state index in [1.807, 2.05) is 67.5 Å². The summed E-state index contributed by atoms with van der Waals surface area (Å²) >= 11 is 5.89. The quantitative estimate of drug-likeness (QED) is 0.607. The Kier molecular flexibility index (Phi) is 6.53. The van der Waals surface area contributed by atoms with Crippen LogP contribution in [0.4, 0.5) is 5.88 Å². The standard InChI is InChI=1S/C21H21ClN4O2/c1-26(2)12-11-24-21-19(13-23)25-20(28-21)16-5-9-18(10-6-16)27-14-15-3-7-17(22)8-4-15/h3-10,24H,11-12,14H2,1-2H3. The molecule has 0 atom stereocenters. The van der Waals surface area contributed by atoms with Crippen molar-refractivity contribution >= 4 is 17.5 Å². The Morgan fingerprint density at radius 1 is 1.14 bits per heavy atom. The molecule has 0 unspecified atom stereocenters. The van der Waals surface area contributed by atoms with E-state index in [1.54, 1.807) is 0 Å². The Morgan fingerprint density at radius 2 is 1.86 bits per heavy atom. The maximum atomic E-state index is 9.28. The maximum absolute atomic E-state index is 9.28. The molecule has 0 fully saturated rings. The van der Waals surface area contributed by atoms with Crippen molar-refractivity contribution in [2.75, 3.05) is 32.5 Å². The van der Waals surface area contributed by atoms with Gasteiger partial charge in [0.15, 0.2) is 0 Å². The number of benzene rings is 2. The lowest BCUT2D eigenvalue weighted by Crippen LogP contribution is -2.20. The molecule has 0 spiro atoms. The first-order valence-corrected chi connectivity index (χ1v) is 9.20. The molecule has 2 aromatic carbocycles. The Balaban J connectivity index is 1.65. The van der Waals surface area contributed by atoms with Crippen LogP contribution in [0.15, 0.2) is 52.9 Å². The lowest BCUT2D eigenvalue weighted by molar-refractivity contribution is 0.306. The fourth-order valence-electron chi connectivity index (χ4n) is 2.47. The van der Waals surface area contributed by atoms with Crippen LogP contribution in [0, 0.1) is 11.3 Å². The van der Waals surface area contributed by atoms with Gasteiger partial charge in [-0.1, -0.05) is 23.7 Å². The van der Waals surface area contributed by atoms with Gasteiger partial charge in [0.25, 0.3) is 0 Å². The van der Waals surface area contributed by atoms with Crippen molar-refractivity contribution in [1.82, 2.24) is 9.88 Å². The van der Waals surface area contributed by atoms with E-state index in [-0.39, 0.29) is 5.69 Å². The summed E-state index contributed by atoms with van der Waals surface area (Å²) in [5.74, 6) is 1.52. The fourth-order valence-corrected chi connectivity index (χ4v) is 2.60. The van der Waals surface area contributed by atoms with Crippen LogP contribution < -0.4 is 10.1 Å². The summed E-state index contributed by atoms with van der Waals surface area (Å²) in [7, 11) is 3.96. The summed E-state index contributed by atoms with van der Waals surface area (Å²) in [5, 5.41) is 13.1. The Hall–Kier alpha value is -3.01. The zero-order chi connectivity index (χ0) is 19.9. The first-order chi connectivity index (χ1) is 13.5. The minimum absolute atomic E-state index is 0.247. The first-order valence-electron chi connectivity index (χ1n) is 8.82. The molecule has 6 nitrogen and oxygen atoms in total. The molecule has 0 aliphatic carbocycles. The lowest BCUT2D eigenvalue weighted by atomic mass is 10.2. The molecule has 0 radical (unpaired) electrons. The van der Waals surface area contributed by atoms with E-state index in [0.717, 1.165) is 23.4 Å². The number of ether oxygens (including phenoxy) is 1. The van der Waals surface area contributed by atoms with Crippen LogP contribution in [0.25, 0.3) is 11.5 Å². The molecule has 0 aliphatic heterocycles. The van der Waals surface area contributed by atoms with E-state index in [9.17, 15) is 5.26 Å². The molecule has 1 aromatic heterocycles. The minimum Gasteiger partial charge on any atom is -0.489 e. The molecular formula is C21H21ClN4O2. The normalized spacial score (nSPS) is 10.7. The van der Waals surface area contributed by atoms with Crippen molar-refractivity contribution in [3.63, 3.8) is 0 Å². The molecule has 3 rings (SSSR count). The highest BCUT2D eigenvalue weighted by atomic mass is 35.5. The Bertz CT molecular complexity index is 944. The molecule has 0 saturated heterocycles. The number of anilines is 1. The number of nitriles is 1. The van der Waals surface area contributed by atoms with Gasteiger partial charge in [0.05, 0.1) is 0 Å². The molecule has 28 heavy (non-hydrogen) atoms. The van der Waals surface area contributed by atoms with Gasteiger partial charge in [0.2, 0.25) is 17.5 Å². The third-order valence-corrected chi connectivity index (χ3v) is 4.25. The molecule has 0 amide bonds. The second kappa shape index (κ2) is 9.27. The molecule has 7 heteroatoms. The molecule has 3 aromatic rings. The van der Waals surface area contributed by atoms with Gasteiger partial charge in [-0.3, -0.25) is 0 Å². The van der Waals surface area contributed by atoms with E-state index in [4.69, 9.17) is 20.8 Å². The number of rotatable bonds is 8. The summed E-state index contributed by atoms with van der Waals surface area (Å²) in [6, 6.07) is 17.0. The number of aromatic nitrogens is 1. The van der Waals surface area contributed by atoms with Crippen LogP contribution >= 0.6 is 11.6 Å². The van der Waals surface area contributed by atoms with E-state index in [0.29, 0.717) is 29.9 Å². The van der Waals surface area contributed by atoms with Crippen molar-refractivity contribution < 1.29 is 9.15 Å². The van der Waals surface area contributed by atoms with Crippen molar-refractivity contribution in [3.8, 4) is 23.3 Å². The number of nitrogens with one attached hydrogen (secondary N) is 1. The number of hydrogen-bond donors (Lipinski definition) is 1. The summed E-state index contributed by atoms with van der Waals surface area (Å²) in [6.45, 7) is 1.93. The van der Waals surface area contributed by atoms with Crippen molar-refractivity contribution in [3.05, 3.63) is 64.8 Å². The van der Waals surface area contributed by atoms with Gasteiger partial charge in [0.1, 0.15) is 18.4 Å². The van der Waals surface area contributed by atoms with Gasteiger partial charge >= 0.3 is 0 Å². The van der Waals surface area contributed by atoms with E-state index >= 15 is 0 Å². The van der Waals surface area contributed by atoms with Crippen molar-refractivity contribution in [2.24, 2.45) is 0 Å². The van der Waals surface area contributed by atoms with Crippen molar-refractivity contribution in [1.29, 1.82) is 5.26 Å². The fraction of sp³-hybridized carbons (Fsp3) is 0.238. The molecule has 0 bridgehead atoms. The van der Waals surface area contributed by atoms with Gasteiger partial charge in [0, 0.05) is 23.7 Å². The Morgan fingerprint density at radius 3 is 2.50 bits per heavy atom. The van der Waals surface area contributed by atoms with Crippen LogP contribution in [0.2, 0.25) is 5.02 Å². The summed E-state index contributed by atoms with van der Waals surface area (Å²) in [4.78, 5) is 6.31. The lowest BCUT2D eigenvalue weighted by Gasteiger charge is -2.09. The topological polar surface area (TPSA) is 74.3 Å². The first kappa shape index (κ1) is 19.7. The van der Waals surface area contributed by atoms with Crippen LogP contribution in [-0.4, -0.2) is 37.1 Å². The summed E-state index contributed by atoms with van der Waals surface area (Å²) < 4.78 is 11.5. The van der Waals surface area contributed by atoms with E-state index in [2.05, 4.69) is 16.4 Å². The largest absolute Gasteiger partial charge is 0.489 e. The number of likely N-dealkylation sites (N-methyl/N-ethyl adjacent to an activating group) is 1. The third-order valence-electron chi connectivity index (χ3n) is 4.00. The molecule has 0 aliphatic rings. The summed E-state index contributed by atoms with van der Waals surface area (Å²) in [6.07, 6.45) is 0. The van der Waals surface area contributed by atoms with Crippen LogP contribution in [0.3, 0.4) is 0 Å². The van der Waals surface area contributed by atoms with E-state index < -0.39 is 0 Å². The number of hydrogen-bond acceptors (Lipinski definition) is 6. The SMILES string of the molecule is CN(C)CCNc1oc(-c2ccc(OCc3ccc(Cl)cc3)cc2)nc1C#N.